The van der Waals surface area contributed by atoms with Crippen molar-refractivity contribution in [3.8, 4) is 0 Å². The van der Waals surface area contributed by atoms with E-state index in [4.69, 9.17) is 9.52 Å². The van der Waals surface area contributed by atoms with Gasteiger partial charge < -0.3 is 14.3 Å². The van der Waals surface area contributed by atoms with Gasteiger partial charge >= 0.3 is 12.1 Å². The summed E-state index contributed by atoms with van der Waals surface area (Å²) in [5.74, 6) is -0.824. The fraction of sp³-hybridized carbons (Fsp3) is 0.667. The van der Waals surface area contributed by atoms with Crippen molar-refractivity contribution in [3.63, 3.8) is 0 Å². The Morgan fingerprint density at radius 1 is 1.33 bits per heavy atom. The first-order valence-electron chi connectivity index (χ1n) is 5.04. The van der Waals surface area contributed by atoms with Crippen molar-refractivity contribution in [1.29, 1.82) is 0 Å². The molecule has 1 aromatic rings. The summed E-state index contributed by atoms with van der Waals surface area (Å²) in [4.78, 5) is 10.2. The predicted octanol–water partition coefficient (Wildman–Crippen LogP) is 1.56. The Labute approximate surface area is 99.8 Å². The van der Waals surface area contributed by atoms with Crippen molar-refractivity contribution >= 4 is 5.97 Å². The maximum atomic E-state index is 11.8. The summed E-state index contributed by atoms with van der Waals surface area (Å²) in [5.41, 5.74) is 0. The van der Waals surface area contributed by atoms with E-state index in [1.807, 2.05) is 0 Å². The van der Waals surface area contributed by atoms with Gasteiger partial charge in [0.1, 0.15) is 13.2 Å². The van der Waals surface area contributed by atoms with E-state index in [9.17, 15) is 18.0 Å². The molecule has 0 aliphatic rings. The largest absolute Gasteiger partial charge is 0.481 e. The first-order valence-corrected chi connectivity index (χ1v) is 5.04. The van der Waals surface area contributed by atoms with Gasteiger partial charge in [0.2, 0.25) is 11.8 Å². The standard InChI is InChI=1S/C9H11F3N2O4/c10-9(11,12)5-17-4-7-14-13-6(18-7)2-1-3-8(15)16/h1-5H2,(H,15,16). The number of carbonyl (C=O) groups is 1. The van der Waals surface area contributed by atoms with E-state index in [1.165, 1.54) is 0 Å². The highest BCUT2D eigenvalue weighted by Crippen LogP contribution is 2.15. The number of nitrogens with zero attached hydrogens (tertiary/aromatic N) is 2. The number of rotatable bonds is 7. The lowest BCUT2D eigenvalue weighted by Gasteiger charge is -2.04. The number of hydrogen-bond acceptors (Lipinski definition) is 5. The van der Waals surface area contributed by atoms with Crippen molar-refractivity contribution < 1.29 is 32.2 Å². The van der Waals surface area contributed by atoms with Crippen molar-refractivity contribution in [1.82, 2.24) is 10.2 Å². The Morgan fingerprint density at radius 2 is 2.00 bits per heavy atom. The van der Waals surface area contributed by atoms with E-state index in [0.29, 0.717) is 6.42 Å². The second-order valence-electron chi connectivity index (χ2n) is 3.44. The van der Waals surface area contributed by atoms with E-state index >= 15 is 0 Å². The molecule has 0 aliphatic carbocycles. The highest BCUT2D eigenvalue weighted by Gasteiger charge is 2.27. The van der Waals surface area contributed by atoms with Crippen LogP contribution >= 0.6 is 0 Å². The molecule has 1 aromatic heterocycles. The Bertz CT molecular complexity index is 391. The number of ether oxygens (including phenoxy) is 1. The molecule has 0 amide bonds. The van der Waals surface area contributed by atoms with Crippen molar-refractivity contribution in [2.24, 2.45) is 0 Å². The number of alkyl halides is 3. The molecular formula is C9H11F3N2O4. The van der Waals surface area contributed by atoms with Gasteiger partial charge in [-0.05, 0) is 6.42 Å². The molecule has 0 bridgehead atoms. The molecule has 102 valence electrons. The highest BCUT2D eigenvalue weighted by molar-refractivity contribution is 5.66. The molecular weight excluding hydrogens is 257 g/mol. The quantitative estimate of drug-likeness (QED) is 0.807. The number of aryl methyl sites for hydroxylation is 1. The fourth-order valence-corrected chi connectivity index (χ4v) is 1.09. The van der Waals surface area contributed by atoms with Crippen LogP contribution < -0.4 is 0 Å². The van der Waals surface area contributed by atoms with Crippen LogP contribution in [-0.2, 0) is 22.6 Å². The summed E-state index contributed by atoms with van der Waals surface area (Å²) in [6.07, 6.45) is -3.86. The summed E-state index contributed by atoms with van der Waals surface area (Å²) in [5, 5.41) is 15.4. The molecule has 0 fully saturated rings. The fourth-order valence-electron chi connectivity index (χ4n) is 1.09. The molecule has 9 heteroatoms. The number of aromatic nitrogens is 2. The van der Waals surface area contributed by atoms with Crippen molar-refractivity contribution in [2.45, 2.75) is 32.0 Å². The minimum absolute atomic E-state index is 0.0394. The maximum Gasteiger partial charge on any atom is 0.411 e. The molecule has 0 aliphatic heterocycles. The van der Waals surface area contributed by atoms with Crippen LogP contribution in [0.3, 0.4) is 0 Å². The van der Waals surface area contributed by atoms with Gasteiger partial charge in [0, 0.05) is 12.8 Å². The zero-order chi connectivity index (χ0) is 13.6. The summed E-state index contributed by atoms with van der Waals surface area (Å²) in [6.45, 7) is -1.81. The van der Waals surface area contributed by atoms with Crippen LogP contribution in [0.1, 0.15) is 24.6 Å². The number of halogens is 3. The molecule has 1 heterocycles. The van der Waals surface area contributed by atoms with Gasteiger partial charge in [-0.1, -0.05) is 0 Å². The summed E-state index contributed by atoms with van der Waals surface area (Å²) < 4.78 is 44.6. The first-order chi connectivity index (χ1) is 8.37. The Kier molecular flexibility index (Phi) is 5.08. The molecule has 1 rings (SSSR count). The monoisotopic (exact) mass is 268 g/mol. The number of carboxylic acid groups (broad SMARTS) is 1. The smallest absolute Gasteiger partial charge is 0.411 e. The van der Waals surface area contributed by atoms with Crippen LogP contribution in [0, 0.1) is 0 Å². The van der Waals surface area contributed by atoms with E-state index in [0.717, 1.165) is 0 Å². The molecule has 0 saturated carbocycles. The molecule has 0 unspecified atom stereocenters. The van der Waals surface area contributed by atoms with Gasteiger partial charge in [-0.2, -0.15) is 13.2 Å². The predicted molar refractivity (Wildman–Crippen MR) is 50.6 cm³/mol. The highest BCUT2D eigenvalue weighted by atomic mass is 19.4. The van der Waals surface area contributed by atoms with E-state index in [2.05, 4.69) is 14.9 Å². The van der Waals surface area contributed by atoms with Gasteiger partial charge in [0.05, 0.1) is 0 Å². The Hall–Kier alpha value is -1.64. The molecule has 0 saturated heterocycles. The zero-order valence-corrected chi connectivity index (χ0v) is 9.24. The molecule has 0 spiro atoms. The zero-order valence-electron chi connectivity index (χ0n) is 9.24. The van der Waals surface area contributed by atoms with Crippen LogP contribution in [0.15, 0.2) is 4.42 Å². The number of carboxylic acids is 1. The van der Waals surface area contributed by atoms with Gasteiger partial charge in [-0.15, -0.1) is 10.2 Å². The normalized spacial score (nSPS) is 11.7. The van der Waals surface area contributed by atoms with E-state index < -0.39 is 25.4 Å². The number of hydrogen-bond donors (Lipinski definition) is 1. The van der Waals surface area contributed by atoms with Crippen LogP contribution in [0.4, 0.5) is 13.2 Å². The Morgan fingerprint density at radius 3 is 2.61 bits per heavy atom. The maximum absolute atomic E-state index is 11.8. The minimum Gasteiger partial charge on any atom is -0.481 e. The number of aliphatic carboxylic acids is 1. The second-order valence-corrected chi connectivity index (χ2v) is 3.44. The van der Waals surface area contributed by atoms with Crippen molar-refractivity contribution in [2.75, 3.05) is 6.61 Å². The lowest BCUT2D eigenvalue weighted by atomic mass is 10.2. The molecule has 0 radical (unpaired) electrons. The average Bonchev–Trinajstić information content (AvgIpc) is 2.63. The third kappa shape index (κ3) is 6.18. The van der Waals surface area contributed by atoms with Crippen LogP contribution in [0.25, 0.3) is 0 Å². The van der Waals surface area contributed by atoms with Gasteiger partial charge in [0.25, 0.3) is 0 Å². The minimum atomic E-state index is -4.40. The van der Waals surface area contributed by atoms with Gasteiger partial charge in [0.15, 0.2) is 0 Å². The molecule has 1 N–H and O–H groups in total. The van der Waals surface area contributed by atoms with E-state index in [1.54, 1.807) is 0 Å². The third-order valence-corrected chi connectivity index (χ3v) is 1.78. The molecule has 0 atom stereocenters. The molecule has 0 aromatic carbocycles. The third-order valence-electron chi connectivity index (χ3n) is 1.78. The van der Waals surface area contributed by atoms with E-state index in [-0.39, 0.29) is 24.6 Å². The molecule has 6 nitrogen and oxygen atoms in total. The molecule has 18 heavy (non-hydrogen) atoms. The second kappa shape index (κ2) is 6.34. The summed E-state index contributed by atoms with van der Waals surface area (Å²) in [7, 11) is 0. The first kappa shape index (κ1) is 14.4. The van der Waals surface area contributed by atoms with Gasteiger partial charge in [-0.3, -0.25) is 4.79 Å². The summed E-state index contributed by atoms with van der Waals surface area (Å²) >= 11 is 0. The van der Waals surface area contributed by atoms with Crippen LogP contribution in [0.2, 0.25) is 0 Å². The topological polar surface area (TPSA) is 85.5 Å². The van der Waals surface area contributed by atoms with Crippen molar-refractivity contribution in [3.05, 3.63) is 11.8 Å². The lowest BCUT2D eigenvalue weighted by Crippen LogP contribution is -2.16. The van der Waals surface area contributed by atoms with Crippen LogP contribution in [0.5, 0.6) is 0 Å². The SMILES string of the molecule is O=C(O)CCCc1nnc(COCC(F)(F)F)o1. The average molecular weight is 268 g/mol. The Balaban J connectivity index is 2.28. The van der Waals surface area contributed by atoms with Gasteiger partial charge in [-0.25, -0.2) is 0 Å². The van der Waals surface area contributed by atoms with Crippen LogP contribution in [-0.4, -0.2) is 34.1 Å². The lowest BCUT2D eigenvalue weighted by molar-refractivity contribution is -0.177. The summed E-state index contributed by atoms with van der Waals surface area (Å²) in [6, 6.07) is 0.